The molecular weight excluding hydrogens is 536 g/mol. The van der Waals surface area contributed by atoms with E-state index in [0.717, 1.165) is 16.8 Å². The molecule has 0 aliphatic carbocycles. The molecule has 0 bridgehead atoms. The minimum Gasteiger partial charge on any atom is -0.493 e. The van der Waals surface area contributed by atoms with Crippen LogP contribution in [0.1, 0.15) is 30.9 Å². The summed E-state index contributed by atoms with van der Waals surface area (Å²) in [4.78, 5) is 27.7. The van der Waals surface area contributed by atoms with E-state index in [1.165, 1.54) is 23.8 Å². The van der Waals surface area contributed by atoms with Crippen molar-refractivity contribution in [2.24, 2.45) is 0 Å². The fraction of sp³-hybridized carbons (Fsp3) is 0.207. The van der Waals surface area contributed by atoms with Gasteiger partial charge in [0, 0.05) is 11.8 Å². The molecule has 1 saturated heterocycles. The molecule has 5 rings (SSSR count). The van der Waals surface area contributed by atoms with Crippen molar-refractivity contribution >= 4 is 57.6 Å². The van der Waals surface area contributed by atoms with E-state index in [-0.39, 0.29) is 31.1 Å². The first-order valence-electron chi connectivity index (χ1n) is 12.2. The Morgan fingerprint density at radius 3 is 2.69 bits per heavy atom. The predicted molar refractivity (Wildman–Crippen MR) is 156 cm³/mol. The maximum atomic E-state index is 13.2. The summed E-state index contributed by atoms with van der Waals surface area (Å²) in [6.45, 7) is 4.11. The number of rotatable bonds is 8. The van der Waals surface area contributed by atoms with Gasteiger partial charge in [-0.15, -0.1) is 0 Å². The number of nitrogens with one attached hydrogen (secondary N) is 1. The Morgan fingerprint density at radius 2 is 1.90 bits per heavy atom. The van der Waals surface area contributed by atoms with Crippen LogP contribution in [0.2, 0.25) is 0 Å². The molecule has 3 aromatic carbocycles. The molecule has 200 valence electrons. The summed E-state index contributed by atoms with van der Waals surface area (Å²) in [6, 6.07) is 18.2. The Labute approximate surface area is 235 Å². The smallest absolute Gasteiger partial charge is 0.270 e. The number of hydrogen-bond donors (Lipinski definition) is 1. The fourth-order valence-electron chi connectivity index (χ4n) is 4.20. The first-order valence-corrected chi connectivity index (χ1v) is 13.4. The molecule has 0 radical (unpaired) electrons. The summed E-state index contributed by atoms with van der Waals surface area (Å²) in [5, 5.41) is 2.91. The maximum absolute atomic E-state index is 13.2. The van der Waals surface area contributed by atoms with Gasteiger partial charge in [-0.3, -0.25) is 14.5 Å². The van der Waals surface area contributed by atoms with Crippen LogP contribution in [0.3, 0.4) is 0 Å². The molecule has 1 fully saturated rings. The number of carbonyl (C=O) groups excluding carboxylic acids is 2. The van der Waals surface area contributed by atoms with E-state index in [4.69, 9.17) is 31.2 Å². The average molecular weight is 563 g/mol. The second-order valence-corrected chi connectivity index (χ2v) is 10.7. The minimum absolute atomic E-state index is 0.148. The lowest BCUT2D eigenvalue weighted by Crippen LogP contribution is -2.27. The van der Waals surface area contributed by atoms with Gasteiger partial charge in [0.25, 0.3) is 11.8 Å². The van der Waals surface area contributed by atoms with Crippen molar-refractivity contribution < 1.29 is 28.5 Å². The van der Waals surface area contributed by atoms with Gasteiger partial charge < -0.3 is 24.3 Å². The van der Waals surface area contributed by atoms with Crippen molar-refractivity contribution in [1.82, 2.24) is 0 Å². The molecule has 2 aliphatic heterocycles. The topological polar surface area (TPSA) is 86.3 Å². The first-order chi connectivity index (χ1) is 18.8. The Kier molecular flexibility index (Phi) is 7.76. The Bertz CT molecular complexity index is 1490. The van der Waals surface area contributed by atoms with E-state index < -0.39 is 0 Å². The fourth-order valence-corrected chi connectivity index (χ4v) is 5.50. The normalized spacial score (nSPS) is 15.3. The third kappa shape index (κ3) is 5.71. The Hall–Kier alpha value is -4.02. The van der Waals surface area contributed by atoms with Crippen molar-refractivity contribution in [3.63, 3.8) is 0 Å². The molecule has 0 aromatic heterocycles. The monoisotopic (exact) mass is 562 g/mol. The molecule has 0 unspecified atom stereocenters. The van der Waals surface area contributed by atoms with E-state index in [1.807, 2.05) is 24.3 Å². The average Bonchev–Trinajstić information content (AvgIpc) is 3.50. The van der Waals surface area contributed by atoms with Crippen LogP contribution in [0.15, 0.2) is 65.6 Å². The Morgan fingerprint density at radius 1 is 1.10 bits per heavy atom. The highest BCUT2D eigenvalue weighted by Gasteiger charge is 2.34. The highest BCUT2D eigenvalue weighted by atomic mass is 32.2. The predicted octanol–water partition coefficient (Wildman–Crippen LogP) is 5.97. The zero-order chi connectivity index (χ0) is 27.5. The van der Waals surface area contributed by atoms with E-state index in [0.29, 0.717) is 37.9 Å². The SMILES string of the molecule is COc1cc(/C=C2\SC(=S)N(c3ccc4c(c3)OCO4)C2=O)ccc1OCC(=O)Nc1ccccc1C(C)C. The summed E-state index contributed by atoms with van der Waals surface area (Å²) >= 11 is 6.70. The number of ether oxygens (including phenoxy) is 4. The lowest BCUT2D eigenvalue weighted by Gasteiger charge is -2.15. The number of carbonyl (C=O) groups is 2. The van der Waals surface area contributed by atoms with Gasteiger partial charge >= 0.3 is 0 Å². The van der Waals surface area contributed by atoms with E-state index in [2.05, 4.69) is 19.2 Å². The highest BCUT2D eigenvalue weighted by molar-refractivity contribution is 8.27. The molecule has 8 nitrogen and oxygen atoms in total. The zero-order valence-corrected chi connectivity index (χ0v) is 23.2. The number of amides is 2. The quantitative estimate of drug-likeness (QED) is 0.266. The van der Waals surface area contributed by atoms with Crippen LogP contribution in [0, 0.1) is 0 Å². The van der Waals surface area contributed by atoms with Gasteiger partial charge in [-0.1, -0.05) is 62.1 Å². The zero-order valence-electron chi connectivity index (χ0n) is 21.6. The van der Waals surface area contributed by atoms with Gasteiger partial charge in [-0.25, -0.2) is 0 Å². The van der Waals surface area contributed by atoms with Gasteiger partial charge in [0.15, 0.2) is 33.9 Å². The molecule has 2 amide bonds. The highest BCUT2D eigenvalue weighted by Crippen LogP contribution is 2.41. The van der Waals surface area contributed by atoms with Crippen LogP contribution in [0.25, 0.3) is 6.08 Å². The van der Waals surface area contributed by atoms with Crippen molar-refractivity contribution in [1.29, 1.82) is 0 Å². The van der Waals surface area contributed by atoms with Gasteiger partial charge in [-0.2, -0.15) is 0 Å². The third-order valence-corrected chi connectivity index (χ3v) is 7.41. The van der Waals surface area contributed by atoms with Crippen molar-refractivity contribution in [3.05, 3.63) is 76.7 Å². The van der Waals surface area contributed by atoms with Crippen LogP contribution >= 0.6 is 24.0 Å². The van der Waals surface area contributed by atoms with E-state index in [9.17, 15) is 9.59 Å². The van der Waals surface area contributed by atoms with Crippen LogP contribution in [0.4, 0.5) is 11.4 Å². The first kappa shape index (κ1) is 26.6. The summed E-state index contributed by atoms with van der Waals surface area (Å²) < 4.78 is 22.5. The number of hydrogen-bond acceptors (Lipinski definition) is 8. The maximum Gasteiger partial charge on any atom is 0.270 e. The van der Waals surface area contributed by atoms with Crippen molar-refractivity contribution in [3.8, 4) is 23.0 Å². The number of fused-ring (bicyclic) bond motifs is 1. The molecule has 0 saturated carbocycles. The molecule has 0 atom stereocenters. The van der Waals surface area contributed by atoms with Gasteiger partial charge in [0.05, 0.1) is 17.7 Å². The number of thioether (sulfide) groups is 1. The number of nitrogens with zero attached hydrogens (tertiary/aromatic N) is 1. The van der Waals surface area contributed by atoms with Gasteiger partial charge in [-0.05, 0) is 53.5 Å². The van der Waals surface area contributed by atoms with Crippen LogP contribution in [0.5, 0.6) is 23.0 Å². The lowest BCUT2D eigenvalue weighted by molar-refractivity contribution is -0.118. The van der Waals surface area contributed by atoms with E-state index in [1.54, 1.807) is 42.5 Å². The number of para-hydroxylation sites is 1. The molecule has 3 aromatic rings. The molecule has 2 heterocycles. The van der Waals surface area contributed by atoms with Crippen molar-refractivity contribution in [2.75, 3.05) is 30.7 Å². The number of anilines is 2. The van der Waals surface area contributed by atoms with Gasteiger partial charge in [0.2, 0.25) is 6.79 Å². The lowest BCUT2D eigenvalue weighted by atomic mass is 10.0. The third-order valence-electron chi connectivity index (χ3n) is 6.11. The Balaban J connectivity index is 1.27. The van der Waals surface area contributed by atoms with Crippen LogP contribution < -0.4 is 29.2 Å². The number of methoxy groups -OCH3 is 1. The molecule has 1 N–H and O–H groups in total. The molecule has 39 heavy (non-hydrogen) atoms. The summed E-state index contributed by atoms with van der Waals surface area (Å²) in [6.07, 6.45) is 1.74. The number of benzene rings is 3. The molecular formula is C29H26N2O6S2. The molecule has 0 spiro atoms. The standard InChI is InChI=1S/C29H26N2O6S2/c1-17(2)20-6-4-5-7-21(20)30-27(32)15-35-22-10-8-18(12-24(22)34-3)13-26-28(33)31(29(38)39-26)19-9-11-23-25(14-19)37-16-36-23/h4-14,17H,15-16H2,1-3H3,(H,30,32)/b26-13-. The molecule has 2 aliphatic rings. The largest absolute Gasteiger partial charge is 0.493 e. The van der Waals surface area contributed by atoms with E-state index >= 15 is 0 Å². The van der Waals surface area contributed by atoms with Gasteiger partial charge in [0.1, 0.15) is 0 Å². The molecule has 10 heteroatoms. The second-order valence-electron chi connectivity index (χ2n) is 9.04. The second kappa shape index (κ2) is 11.4. The number of thiocarbonyl (C=S) groups is 1. The summed E-state index contributed by atoms with van der Waals surface area (Å²) in [5.74, 6) is 1.81. The minimum atomic E-state index is -0.276. The van der Waals surface area contributed by atoms with Crippen molar-refractivity contribution in [2.45, 2.75) is 19.8 Å². The van der Waals surface area contributed by atoms with Crippen LogP contribution in [-0.2, 0) is 9.59 Å². The summed E-state index contributed by atoms with van der Waals surface area (Å²) in [7, 11) is 1.52. The van der Waals surface area contributed by atoms with Crippen LogP contribution in [-0.4, -0.2) is 36.6 Å². The summed E-state index contributed by atoms with van der Waals surface area (Å²) in [5.41, 5.74) is 3.15.